The van der Waals surface area contributed by atoms with E-state index in [0.29, 0.717) is 16.6 Å². The molecule has 4 rings (SSSR count). The molecule has 1 aliphatic carbocycles. The molecular formula is C18H15F3N4O2. The van der Waals surface area contributed by atoms with Gasteiger partial charge < -0.3 is 5.32 Å². The number of nitrogens with one attached hydrogen (secondary N) is 2. The number of halogens is 3. The summed E-state index contributed by atoms with van der Waals surface area (Å²) in [5.74, 6) is -0.287. The molecule has 2 N–H and O–H groups in total. The summed E-state index contributed by atoms with van der Waals surface area (Å²) in [6.45, 7) is -0.178. The van der Waals surface area contributed by atoms with Crippen LogP contribution in [-0.4, -0.2) is 26.5 Å². The van der Waals surface area contributed by atoms with Gasteiger partial charge in [-0.05, 0) is 36.6 Å². The predicted molar refractivity (Wildman–Crippen MR) is 92.0 cm³/mol. The standard InChI is InChI=1S/C18H15F3N4O2/c19-18(20,21)12-3-1-2-10(6-12)11-7-14-16(22-8-11)24-17(27)25(14)9-15(26)23-13-4-5-13/h1-3,6-8,13H,4-5,9H2,(H,23,26)(H,22,24,27). The number of carbonyl (C=O) groups is 1. The number of pyridine rings is 1. The van der Waals surface area contributed by atoms with Crippen molar-refractivity contribution in [1.29, 1.82) is 0 Å². The Morgan fingerprint density at radius 3 is 2.74 bits per heavy atom. The van der Waals surface area contributed by atoms with Crippen molar-refractivity contribution in [2.24, 2.45) is 0 Å². The van der Waals surface area contributed by atoms with Crippen LogP contribution in [0.5, 0.6) is 0 Å². The van der Waals surface area contributed by atoms with Gasteiger partial charge in [0.1, 0.15) is 6.54 Å². The van der Waals surface area contributed by atoms with Crippen LogP contribution in [-0.2, 0) is 17.5 Å². The van der Waals surface area contributed by atoms with Gasteiger partial charge in [0.2, 0.25) is 5.91 Å². The maximum Gasteiger partial charge on any atom is 0.416 e. The number of fused-ring (bicyclic) bond motifs is 1. The molecule has 3 aromatic rings. The van der Waals surface area contributed by atoms with Gasteiger partial charge in [-0.25, -0.2) is 9.78 Å². The summed E-state index contributed by atoms with van der Waals surface area (Å²) >= 11 is 0. The lowest BCUT2D eigenvalue weighted by molar-refractivity contribution is -0.137. The van der Waals surface area contributed by atoms with Crippen molar-refractivity contribution in [1.82, 2.24) is 19.9 Å². The zero-order chi connectivity index (χ0) is 19.2. The number of hydrogen-bond acceptors (Lipinski definition) is 3. The molecule has 1 aliphatic rings. The highest BCUT2D eigenvalue weighted by Gasteiger charge is 2.30. The monoisotopic (exact) mass is 376 g/mol. The molecule has 9 heteroatoms. The van der Waals surface area contributed by atoms with Gasteiger partial charge >= 0.3 is 11.9 Å². The van der Waals surface area contributed by atoms with E-state index < -0.39 is 17.4 Å². The summed E-state index contributed by atoms with van der Waals surface area (Å²) in [6, 6.07) is 6.59. The first kappa shape index (κ1) is 17.3. The van der Waals surface area contributed by atoms with Crippen molar-refractivity contribution < 1.29 is 18.0 Å². The minimum absolute atomic E-state index is 0.164. The Kier molecular flexibility index (Phi) is 4.01. The zero-order valence-corrected chi connectivity index (χ0v) is 14.0. The van der Waals surface area contributed by atoms with Crippen LogP contribution in [0, 0.1) is 0 Å². The lowest BCUT2D eigenvalue weighted by Gasteiger charge is -2.09. The van der Waals surface area contributed by atoms with Crippen molar-refractivity contribution in [2.75, 3.05) is 0 Å². The highest BCUT2D eigenvalue weighted by Crippen LogP contribution is 2.32. The van der Waals surface area contributed by atoms with Crippen molar-refractivity contribution in [2.45, 2.75) is 31.6 Å². The third-order valence-electron chi connectivity index (χ3n) is 4.40. The van der Waals surface area contributed by atoms with Crippen LogP contribution in [0.3, 0.4) is 0 Å². The maximum atomic E-state index is 12.9. The Balaban J connectivity index is 1.72. The van der Waals surface area contributed by atoms with Gasteiger partial charge in [-0.2, -0.15) is 13.2 Å². The number of H-pyrrole nitrogens is 1. The molecule has 2 aromatic heterocycles. The van der Waals surface area contributed by atoms with Crippen LogP contribution >= 0.6 is 0 Å². The van der Waals surface area contributed by atoms with E-state index >= 15 is 0 Å². The number of nitrogens with zero attached hydrogens (tertiary/aromatic N) is 2. The lowest BCUT2D eigenvalue weighted by atomic mass is 10.0. The largest absolute Gasteiger partial charge is 0.416 e. The molecule has 0 aliphatic heterocycles. The van der Waals surface area contributed by atoms with E-state index in [4.69, 9.17) is 0 Å². The molecule has 6 nitrogen and oxygen atoms in total. The zero-order valence-electron chi connectivity index (χ0n) is 14.0. The predicted octanol–water partition coefficient (Wildman–Crippen LogP) is 2.69. The average Bonchev–Trinajstić information content (AvgIpc) is 3.38. The molecule has 1 aromatic carbocycles. The fraction of sp³-hybridized carbons (Fsp3) is 0.278. The molecule has 2 heterocycles. The van der Waals surface area contributed by atoms with Crippen molar-refractivity contribution in [3.05, 3.63) is 52.6 Å². The van der Waals surface area contributed by atoms with Gasteiger partial charge in [0.15, 0.2) is 5.65 Å². The SMILES string of the molecule is O=C(Cn1c(=O)[nH]c2ncc(-c3cccc(C(F)(F)F)c3)cc21)NC1CC1. The van der Waals surface area contributed by atoms with Gasteiger partial charge in [-0.3, -0.25) is 14.3 Å². The molecule has 0 spiro atoms. The second-order valence-electron chi connectivity index (χ2n) is 6.53. The van der Waals surface area contributed by atoms with Crippen LogP contribution < -0.4 is 11.0 Å². The number of amides is 1. The van der Waals surface area contributed by atoms with Crippen LogP contribution in [0.25, 0.3) is 22.3 Å². The van der Waals surface area contributed by atoms with Gasteiger partial charge in [0, 0.05) is 17.8 Å². The number of rotatable bonds is 4. The summed E-state index contributed by atoms with van der Waals surface area (Å²) in [4.78, 5) is 30.9. The highest BCUT2D eigenvalue weighted by molar-refractivity contribution is 5.82. The summed E-state index contributed by atoms with van der Waals surface area (Å²) in [6.07, 6.45) is -1.21. The molecule has 140 valence electrons. The summed E-state index contributed by atoms with van der Waals surface area (Å²) < 4.78 is 40.1. The number of carbonyl (C=O) groups excluding carboxylic acids is 1. The minimum atomic E-state index is -4.45. The summed E-state index contributed by atoms with van der Waals surface area (Å²) in [5.41, 5.74) is 0.113. The lowest BCUT2D eigenvalue weighted by Crippen LogP contribution is -2.32. The van der Waals surface area contributed by atoms with Crippen LogP contribution in [0.15, 0.2) is 41.3 Å². The quantitative estimate of drug-likeness (QED) is 0.735. The second-order valence-corrected chi connectivity index (χ2v) is 6.53. The number of alkyl halides is 3. The number of imidazole rings is 1. The van der Waals surface area contributed by atoms with E-state index in [2.05, 4.69) is 15.3 Å². The summed E-state index contributed by atoms with van der Waals surface area (Å²) in [5, 5.41) is 2.80. The fourth-order valence-corrected chi connectivity index (χ4v) is 2.87. The van der Waals surface area contributed by atoms with Gasteiger partial charge in [0.05, 0.1) is 11.1 Å². The molecule has 0 unspecified atom stereocenters. The minimum Gasteiger partial charge on any atom is -0.352 e. The molecular weight excluding hydrogens is 361 g/mol. The van der Waals surface area contributed by atoms with Crippen molar-refractivity contribution in [3.63, 3.8) is 0 Å². The Bertz CT molecular complexity index is 1080. The first-order chi connectivity index (χ1) is 12.8. The van der Waals surface area contributed by atoms with E-state index in [0.717, 1.165) is 25.0 Å². The molecule has 1 amide bonds. The molecule has 0 atom stereocenters. The highest BCUT2D eigenvalue weighted by atomic mass is 19.4. The van der Waals surface area contributed by atoms with Gasteiger partial charge in [-0.1, -0.05) is 12.1 Å². The summed E-state index contributed by atoms with van der Waals surface area (Å²) in [7, 11) is 0. The van der Waals surface area contributed by atoms with E-state index in [-0.39, 0.29) is 24.1 Å². The molecule has 0 saturated heterocycles. The van der Waals surface area contributed by atoms with Crippen molar-refractivity contribution >= 4 is 17.1 Å². The van der Waals surface area contributed by atoms with E-state index in [1.165, 1.54) is 22.9 Å². The number of benzene rings is 1. The third-order valence-corrected chi connectivity index (χ3v) is 4.40. The topological polar surface area (TPSA) is 79.8 Å². The van der Waals surface area contributed by atoms with Gasteiger partial charge in [0.25, 0.3) is 0 Å². The van der Waals surface area contributed by atoms with E-state index in [1.807, 2.05) is 0 Å². The normalized spacial score (nSPS) is 14.5. The van der Waals surface area contributed by atoms with Crippen LogP contribution in [0.2, 0.25) is 0 Å². The molecule has 1 fully saturated rings. The Morgan fingerprint density at radius 1 is 1.26 bits per heavy atom. The van der Waals surface area contributed by atoms with E-state index in [9.17, 15) is 22.8 Å². The van der Waals surface area contributed by atoms with Crippen LogP contribution in [0.4, 0.5) is 13.2 Å². The fourth-order valence-electron chi connectivity index (χ4n) is 2.87. The van der Waals surface area contributed by atoms with Crippen LogP contribution in [0.1, 0.15) is 18.4 Å². The number of hydrogen-bond donors (Lipinski definition) is 2. The Hall–Kier alpha value is -3.10. The van der Waals surface area contributed by atoms with Crippen molar-refractivity contribution in [3.8, 4) is 11.1 Å². The molecule has 27 heavy (non-hydrogen) atoms. The van der Waals surface area contributed by atoms with E-state index in [1.54, 1.807) is 6.07 Å². The Morgan fingerprint density at radius 2 is 2.04 bits per heavy atom. The first-order valence-corrected chi connectivity index (χ1v) is 8.37. The first-order valence-electron chi connectivity index (χ1n) is 8.37. The average molecular weight is 376 g/mol. The molecule has 0 radical (unpaired) electrons. The van der Waals surface area contributed by atoms with Gasteiger partial charge in [-0.15, -0.1) is 0 Å². The Labute approximate surface area is 151 Å². The smallest absolute Gasteiger partial charge is 0.352 e. The molecule has 0 bridgehead atoms. The molecule has 1 saturated carbocycles. The number of aromatic amines is 1. The maximum absolute atomic E-state index is 12.9. The third kappa shape index (κ3) is 3.57. The number of aromatic nitrogens is 3. The second kappa shape index (κ2) is 6.26.